The number of hydrogen-bond donors (Lipinski definition) is 0. The number of unbranched alkanes of at least 4 members (excludes halogenated alkanes) is 1. The highest BCUT2D eigenvalue weighted by molar-refractivity contribution is 7.11. The molecule has 5 heteroatoms. The van der Waals surface area contributed by atoms with E-state index < -0.39 is 0 Å². The SMILES string of the molecule is CCCCOc1ccc(C=C(C#N)c2nc(-c3ccc(OCC)cc3)cs2)cc1. The van der Waals surface area contributed by atoms with Gasteiger partial charge in [0.15, 0.2) is 0 Å². The Morgan fingerprint density at radius 2 is 1.72 bits per heavy atom. The topological polar surface area (TPSA) is 55.1 Å². The molecule has 0 spiro atoms. The molecule has 0 fully saturated rings. The highest BCUT2D eigenvalue weighted by Gasteiger charge is 2.09. The van der Waals surface area contributed by atoms with E-state index in [1.165, 1.54) is 11.3 Å². The van der Waals surface area contributed by atoms with Crippen molar-refractivity contribution in [1.82, 2.24) is 4.98 Å². The first-order valence-electron chi connectivity index (χ1n) is 9.77. The van der Waals surface area contributed by atoms with E-state index in [4.69, 9.17) is 9.47 Å². The Morgan fingerprint density at radius 1 is 1.03 bits per heavy atom. The Morgan fingerprint density at radius 3 is 2.38 bits per heavy atom. The van der Waals surface area contributed by atoms with Crippen molar-refractivity contribution in [3.05, 3.63) is 64.5 Å². The number of aromatic nitrogens is 1. The number of nitrogens with zero attached hydrogens (tertiary/aromatic N) is 2. The molecule has 0 saturated carbocycles. The van der Waals surface area contributed by atoms with Crippen molar-refractivity contribution in [2.45, 2.75) is 26.7 Å². The Bertz CT molecular complexity index is 983. The van der Waals surface area contributed by atoms with Crippen molar-refractivity contribution in [3.8, 4) is 28.8 Å². The van der Waals surface area contributed by atoms with Gasteiger partial charge < -0.3 is 9.47 Å². The third kappa shape index (κ3) is 5.69. The van der Waals surface area contributed by atoms with Gasteiger partial charge in [-0.2, -0.15) is 5.26 Å². The fraction of sp³-hybridized carbons (Fsp3) is 0.250. The lowest BCUT2D eigenvalue weighted by Crippen LogP contribution is -1.95. The van der Waals surface area contributed by atoms with Crippen molar-refractivity contribution < 1.29 is 9.47 Å². The second kappa shape index (κ2) is 10.4. The van der Waals surface area contributed by atoms with Crippen LogP contribution in [0.15, 0.2) is 53.9 Å². The van der Waals surface area contributed by atoms with Crippen LogP contribution in [0.25, 0.3) is 22.9 Å². The summed E-state index contributed by atoms with van der Waals surface area (Å²) in [5.74, 6) is 1.69. The fourth-order valence-electron chi connectivity index (χ4n) is 2.72. The van der Waals surface area contributed by atoms with Gasteiger partial charge in [0.25, 0.3) is 0 Å². The number of nitriles is 1. The molecule has 29 heavy (non-hydrogen) atoms. The van der Waals surface area contributed by atoms with Crippen LogP contribution in [0.1, 0.15) is 37.3 Å². The molecule has 1 aromatic heterocycles. The molecule has 0 aliphatic rings. The molecule has 0 amide bonds. The summed E-state index contributed by atoms with van der Waals surface area (Å²) in [6.07, 6.45) is 4.01. The second-order valence-electron chi connectivity index (χ2n) is 6.44. The van der Waals surface area contributed by atoms with E-state index >= 15 is 0 Å². The van der Waals surface area contributed by atoms with Crippen LogP contribution >= 0.6 is 11.3 Å². The summed E-state index contributed by atoms with van der Waals surface area (Å²) < 4.78 is 11.2. The highest BCUT2D eigenvalue weighted by atomic mass is 32.1. The predicted molar refractivity (Wildman–Crippen MR) is 119 cm³/mol. The number of thiazole rings is 1. The molecular weight excluding hydrogens is 380 g/mol. The Kier molecular flexibility index (Phi) is 7.43. The summed E-state index contributed by atoms with van der Waals surface area (Å²) in [7, 11) is 0. The number of hydrogen-bond acceptors (Lipinski definition) is 5. The number of benzene rings is 2. The van der Waals surface area contributed by atoms with Crippen LogP contribution in [-0.2, 0) is 0 Å². The van der Waals surface area contributed by atoms with E-state index in [0.29, 0.717) is 17.2 Å². The first-order valence-corrected chi connectivity index (χ1v) is 10.6. The third-order valence-corrected chi connectivity index (χ3v) is 5.15. The van der Waals surface area contributed by atoms with Crippen molar-refractivity contribution in [2.24, 2.45) is 0 Å². The zero-order valence-electron chi connectivity index (χ0n) is 16.7. The standard InChI is InChI=1S/C24H24N2O2S/c1-3-5-14-28-22-10-6-18(7-11-22)15-20(16-25)24-26-23(17-29-24)19-8-12-21(13-9-19)27-4-2/h6-13,15,17H,3-5,14H2,1-2H3. The molecular formula is C24H24N2O2S. The van der Waals surface area contributed by atoms with Gasteiger partial charge in [0.1, 0.15) is 22.6 Å². The lowest BCUT2D eigenvalue weighted by Gasteiger charge is -2.05. The molecule has 0 bridgehead atoms. The van der Waals surface area contributed by atoms with Crippen molar-refractivity contribution in [3.63, 3.8) is 0 Å². The molecule has 0 atom stereocenters. The molecule has 148 valence electrons. The molecule has 0 saturated heterocycles. The first-order chi connectivity index (χ1) is 14.2. The fourth-order valence-corrected chi connectivity index (χ4v) is 3.52. The van der Waals surface area contributed by atoms with Gasteiger partial charge in [0.2, 0.25) is 0 Å². The van der Waals surface area contributed by atoms with Crippen LogP contribution in [0.5, 0.6) is 11.5 Å². The maximum Gasteiger partial charge on any atom is 0.134 e. The van der Waals surface area contributed by atoms with E-state index in [1.807, 2.05) is 66.9 Å². The van der Waals surface area contributed by atoms with E-state index in [1.54, 1.807) is 0 Å². The van der Waals surface area contributed by atoms with Gasteiger partial charge in [0, 0.05) is 10.9 Å². The second-order valence-corrected chi connectivity index (χ2v) is 7.29. The molecule has 2 aromatic carbocycles. The van der Waals surface area contributed by atoms with Crippen molar-refractivity contribution in [1.29, 1.82) is 5.26 Å². The maximum absolute atomic E-state index is 9.62. The normalized spacial score (nSPS) is 11.1. The van der Waals surface area contributed by atoms with Gasteiger partial charge in [-0.15, -0.1) is 11.3 Å². The average molecular weight is 405 g/mol. The summed E-state index contributed by atoms with van der Waals surface area (Å²) in [6.45, 7) is 5.47. The summed E-state index contributed by atoms with van der Waals surface area (Å²) in [4.78, 5) is 4.65. The monoisotopic (exact) mass is 404 g/mol. The Labute approximate surface area is 176 Å². The van der Waals surface area contributed by atoms with Crippen LogP contribution < -0.4 is 9.47 Å². The number of allylic oxidation sites excluding steroid dienone is 1. The van der Waals surface area contributed by atoms with E-state index in [-0.39, 0.29) is 0 Å². The largest absolute Gasteiger partial charge is 0.494 e. The van der Waals surface area contributed by atoms with Gasteiger partial charge in [0.05, 0.1) is 24.5 Å². The molecule has 1 heterocycles. The lowest BCUT2D eigenvalue weighted by atomic mass is 10.1. The molecule has 0 unspecified atom stereocenters. The van der Waals surface area contributed by atoms with Gasteiger partial charge in [-0.3, -0.25) is 0 Å². The molecule has 0 N–H and O–H groups in total. The minimum Gasteiger partial charge on any atom is -0.494 e. The third-order valence-electron chi connectivity index (χ3n) is 4.27. The molecule has 0 radical (unpaired) electrons. The predicted octanol–water partition coefficient (Wildman–Crippen LogP) is 6.45. The first kappa shape index (κ1) is 20.6. The van der Waals surface area contributed by atoms with Crippen molar-refractivity contribution >= 4 is 23.0 Å². The van der Waals surface area contributed by atoms with Gasteiger partial charge >= 0.3 is 0 Å². The molecule has 4 nitrogen and oxygen atoms in total. The van der Waals surface area contributed by atoms with E-state index in [2.05, 4.69) is 18.0 Å². The van der Waals surface area contributed by atoms with Crippen LogP contribution in [-0.4, -0.2) is 18.2 Å². The quantitative estimate of drug-likeness (QED) is 0.304. The van der Waals surface area contributed by atoms with Crippen LogP contribution in [0.4, 0.5) is 0 Å². The Balaban J connectivity index is 1.74. The van der Waals surface area contributed by atoms with Crippen LogP contribution in [0.2, 0.25) is 0 Å². The molecule has 0 aliphatic heterocycles. The minimum absolute atomic E-state index is 0.548. The van der Waals surface area contributed by atoms with Crippen LogP contribution in [0, 0.1) is 11.3 Å². The summed E-state index contributed by atoms with van der Waals surface area (Å²) in [5, 5.41) is 12.3. The average Bonchev–Trinajstić information content (AvgIpc) is 3.24. The van der Waals surface area contributed by atoms with Crippen LogP contribution in [0.3, 0.4) is 0 Å². The van der Waals surface area contributed by atoms with Crippen molar-refractivity contribution in [2.75, 3.05) is 13.2 Å². The highest BCUT2D eigenvalue weighted by Crippen LogP contribution is 2.28. The van der Waals surface area contributed by atoms with Gasteiger partial charge in [-0.05, 0) is 61.4 Å². The maximum atomic E-state index is 9.62. The zero-order chi connectivity index (χ0) is 20.5. The lowest BCUT2D eigenvalue weighted by molar-refractivity contribution is 0.309. The van der Waals surface area contributed by atoms with Gasteiger partial charge in [-0.1, -0.05) is 25.5 Å². The summed E-state index contributed by atoms with van der Waals surface area (Å²) in [5.41, 5.74) is 3.35. The van der Waals surface area contributed by atoms with Gasteiger partial charge in [-0.25, -0.2) is 4.98 Å². The number of rotatable bonds is 9. The minimum atomic E-state index is 0.548. The smallest absolute Gasteiger partial charge is 0.134 e. The zero-order valence-corrected chi connectivity index (χ0v) is 17.5. The Hall–Kier alpha value is -3.10. The molecule has 3 aromatic rings. The summed E-state index contributed by atoms with van der Waals surface area (Å²) >= 11 is 1.47. The van der Waals surface area contributed by atoms with E-state index in [9.17, 15) is 5.26 Å². The van der Waals surface area contributed by atoms with E-state index in [0.717, 1.165) is 47.8 Å². The molecule has 0 aliphatic carbocycles. The summed E-state index contributed by atoms with van der Waals surface area (Å²) in [6, 6.07) is 17.9. The number of ether oxygens (including phenoxy) is 2. The molecule has 3 rings (SSSR count).